The Labute approximate surface area is 125 Å². The summed E-state index contributed by atoms with van der Waals surface area (Å²) >= 11 is 6.10. The average molecular weight is 293 g/mol. The summed E-state index contributed by atoms with van der Waals surface area (Å²) in [7, 11) is -0.502. The molecule has 0 amide bonds. The first kappa shape index (κ1) is 15.3. The summed E-state index contributed by atoms with van der Waals surface area (Å²) in [5.74, 6) is 0. The van der Waals surface area contributed by atoms with E-state index in [4.69, 9.17) is 26.2 Å². The number of hydrogen-bond donors (Lipinski definition) is 0. The molecule has 1 fully saturated rings. The molecular weight excluding hydrogens is 274 g/mol. The SMILES string of the molecule is CC1(C)OB(c2cc(CCC#N)c(Cl)cn2)OC1(C)C. The van der Waals surface area contributed by atoms with Crippen LogP contribution in [0.1, 0.15) is 39.7 Å². The lowest BCUT2D eigenvalue weighted by Gasteiger charge is -2.32. The van der Waals surface area contributed by atoms with Gasteiger partial charge in [0.15, 0.2) is 0 Å². The van der Waals surface area contributed by atoms with Crippen molar-refractivity contribution in [1.29, 1.82) is 5.26 Å². The van der Waals surface area contributed by atoms with Gasteiger partial charge in [0.25, 0.3) is 0 Å². The Morgan fingerprint density at radius 2 is 1.90 bits per heavy atom. The van der Waals surface area contributed by atoms with Gasteiger partial charge in [-0.15, -0.1) is 0 Å². The van der Waals surface area contributed by atoms with E-state index in [1.165, 1.54) is 0 Å². The lowest BCUT2D eigenvalue weighted by atomic mass is 9.83. The van der Waals surface area contributed by atoms with Gasteiger partial charge in [0.1, 0.15) is 0 Å². The van der Waals surface area contributed by atoms with E-state index in [0.717, 1.165) is 5.56 Å². The quantitative estimate of drug-likeness (QED) is 0.803. The fourth-order valence-electron chi connectivity index (χ4n) is 1.97. The summed E-state index contributed by atoms with van der Waals surface area (Å²) in [4.78, 5) is 4.30. The van der Waals surface area contributed by atoms with Crippen LogP contribution < -0.4 is 5.59 Å². The van der Waals surface area contributed by atoms with E-state index < -0.39 is 18.3 Å². The summed E-state index contributed by atoms with van der Waals surface area (Å²) in [5.41, 5.74) is 0.798. The highest BCUT2D eigenvalue weighted by Gasteiger charge is 2.52. The van der Waals surface area contributed by atoms with Gasteiger partial charge < -0.3 is 9.31 Å². The lowest BCUT2D eigenvalue weighted by Crippen LogP contribution is -2.41. The number of aromatic nitrogens is 1. The zero-order chi connectivity index (χ0) is 15.0. The minimum absolute atomic E-state index is 0.397. The van der Waals surface area contributed by atoms with Crippen LogP contribution in [0, 0.1) is 11.3 Å². The smallest absolute Gasteiger partial charge is 0.398 e. The van der Waals surface area contributed by atoms with Gasteiger partial charge in [0, 0.05) is 12.6 Å². The maximum absolute atomic E-state index is 8.68. The average Bonchev–Trinajstić information content (AvgIpc) is 2.57. The second-order valence-corrected chi connectivity index (χ2v) is 6.35. The van der Waals surface area contributed by atoms with Crippen molar-refractivity contribution in [1.82, 2.24) is 4.98 Å². The standard InChI is InChI=1S/C14H18BClN2O2/c1-13(2)14(3,4)20-15(19-13)12-8-10(6-5-7-17)11(16)9-18-12/h8-9H,5-6H2,1-4H3. The van der Waals surface area contributed by atoms with E-state index in [1.54, 1.807) is 6.20 Å². The molecule has 1 aliphatic heterocycles. The largest absolute Gasteiger partial charge is 0.514 e. The molecular formula is C14H18BClN2O2. The highest BCUT2D eigenvalue weighted by molar-refractivity contribution is 6.61. The number of rotatable bonds is 3. The Bertz CT molecular complexity index is 539. The lowest BCUT2D eigenvalue weighted by molar-refractivity contribution is 0.00578. The molecule has 0 radical (unpaired) electrons. The van der Waals surface area contributed by atoms with Gasteiger partial charge in [0.2, 0.25) is 0 Å². The molecule has 2 heterocycles. The van der Waals surface area contributed by atoms with Gasteiger partial charge in [-0.05, 0) is 45.7 Å². The monoisotopic (exact) mass is 292 g/mol. The maximum Gasteiger partial charge on any atom is 0.514 e. The molecule has 0 unspecified atom stereocenters. The number of hydrogen-bond acceptors (Lipinski definition) is 4. The summed E-state index contributed by atoms with van der Waals surface area (Å²) < 4.78 is 11.9. The summed E-state index contributed by atoms with van der Waals surface area (Å²) in [5, 5.41) is 9.25. The van der Waals surface area contributed by atoms with E-state index in [9.17, 15) is 0 Å². The summed E-state index contributed by atoms with van der Waals surface area (Å²) in [6, 6.07) is 3.98. The number of halogens is 1. The predicted molar refractivity (Wildman–Crippen MR) is 78.9 cm³/mol. The van der Waals surface area contributed by atoms with Crippen molar-refractivity contribution in [3.8, 4) is 6.07 Å². The minimum atomic E-state index is -0.502. The number of pyridine rings is 1. The third kappa shape index (κ3) is 2.83. The first-order valence-corrected chi connectivity index (χ1v) is 7.01. The molecule has 1 saturated heterocycles. The van der Waals surface area contributed by atoms with Crippen molar-refractivity contribution >= 4 is 24.3 Å². The van der Waals surface area contributed by atoms with Gasteiger partial charge in [-0.2, -0.15) is 5.26 Å². The van der Waals surface area contributed by atoms with Crippen LogP contribution in [-0.4, -0.2) is 23.3 Å². The normalized spacial score (nSPS) is 19.9. The number of aryl methyl sites for hydroxylation is 1. The topological polar surface area (TPSA) is 55.1 Å². The van der Waals surface area contributed by atoms with E-state index in [0.29, 0.717) is 23.5 Å². The number of nitriles is 1. The minimum Gasteiger partial charge on any atom is -0.398 e. The van der Waals surface area contributed by atoms with Crippen LogP contribution in [0.2, 0.25) is 5.02 Å². The van der Waals surface area contributed by atoms with Crippen molar-refractivity contribution in [2.75, 3.05) is 0 Å². The fraction of sp³-hybridized carbons (Fsp3) is 0.571. The molecule has 6 heteroatoms. The molecule has 4 nitrogen and oxygen atoms in total. The van der Waals surface area contributed by atoms with E-state index in [1.807, 2.05) is 33.8 Å². The molecule has 0 spiro atoms. The molecule has 0 aliphatic carbocycles. The van der Waals surface area contributed by atoms with Crippen molar-refractivity contribution < 1.29 is 9.31 Å². The zero-order valence-electron chi connectivity index (χ0n) is 12.2. The van der Waals surface area contributed by atoms with E-state index in [-0.39, 0.29) is 0 Å². The predicted octanol–water partition coefficient (Wildman–Crippen LogP) is 2.49. The second-order valence-electron chi connectivity index (χ2n) is 5.95. The first-order valence-electron chi connectivity index (χ1n) is 6.64. The van der Waals surface area contributed by atoms with Gasteiger partial charge in [-0.1, -0.05) is 11.6 Å². The number of nitrogens with zero attached hydrogens (tertiary/aromatic N) is 2. The van der Waals surface area contributed by atoms with Crippen LogP contribution in [0.25, 0.3) is 0 Å². The van der Waals surface area contributed by atoms with Gasteiger partial charge in [0.05, 0.1) is 27.9 Å². The molecule has 2 rings (SSSR count). The highest BCUT2D eigenvalue weighted by atomic mass is 35.5. The highest BCUT2D eigenvalue weighted by Crippen LogP contribution is 2.36. The molecule has 0 atom stereocenters. The van der Waals surface area contributed by atoms with Crippen molar-refractivity contribution in [2.24, 2.45) is 0 Å². The molecule has 1 aliphatic rings. The molecule has 20 heavy (non-hydrogen) atoms. The van der Waals surface area contributed by atoms with E-state index >= 15 is 0 Å². The fourth-order valence-corrected chi connectivity index (χ4v) is 2.17. The summed E-state index contributed by atoms with van der Waals surface area (Å²) in [6.07, 6.45) is 2.62. The third-order valence-corrected chi connectivity index (χ3v) is 4.30. The van der Waals surface area contributed by atoms with Crippen LogP contribution in [0.15, 0.2) is 12.3 Å². The molecule has 0 aromatic carbocycles. The first-order chi connectivity index (χ1) is 9.27. The van der Waals surface area contributed by atoms with Crippen molar-refractivity contribution in [2.45, 2.75) is 51.7 Å². The van der Waals surface area contributed by atoms with Gasteiger partial charge in [-0.25, -0.2) is 0 Å². The molecule has 1 aromatic heterocycles. The second kappa shape index (κ2) is 5.36. The molecule has 106 valence electrons. The van der Waals surface area contributed by atoms with E-state index in [2.05, 4.69) is 11.1 Å². The van der Waals surface area contributed by atoms with Crippen LogP contribution >= 0.6 is 11.6 Å². The molecule has 0 N–H and O–H groups in total. The van der Waals surface area contributed by atoms with Crippen molar-refractivity contribution in [3.63, 3.8) is 0 Å². The van der Waals surface area contributed by atoms with Crippen LogP contribution in [0.3, 0.4) is 0 Å². The maximum atomic E-state index is 8.68. The van der Waals surface area contributed by atoms with Gasteiger partial charge in [-0.3, -0.25) is 4.98 Å². The molecule has 0 bridgehead atoms. The Morgan fingerprint density at radius 1 is 1.30 bits per heavy atom. The molecule has 1 aromatic rings. The van der Waals surface area contributed by atoms with Crippen LogP contribution in [-0.2, 0) is 15.7 Å². The summed E-state index contributed by atoms with van der Waals surface area (Å²) in [6.45, 7) is 8.00. The van der Waals surface area contributed by atoms with Crippen LogP contribution in [0.4, 0.5) is 0 Å². The Balaban J connectivity index is 2.25. The van der Waals surface area contributed by atoms with Crippen molar-refractivity contribution in [3.05, 3.63) is 22.8 Å². The third-order valence-electron chi connectivity index (χ3n) is 3.96. The Morgan fingerprint density at radius 3 is 2.45 bits per heavy atom. The van der Waals surface area contributed by atoms with Gasteiger partial charge >= 0.3 is 7.12 Å². The molecule has 0 saturated carbocycles. The Hall–Kier alpha value is -1.09. The Kier molecular flexibility index (Phi) is 4.10. The zero-order valence-corrected chi connectivity index (χ0v) is 13.0. The van der Waals surface area contributed by atoms with Crippen LogP contribution in [0.5, 0.6) is 0 Å².